The average Bonchev–Trinajstić information content (AvgIpc) is 2.42. The van der Waals surface area contributed by atoms with Gasteiger partial charge >= 0.3 is 0 Å². The summed E-state index contributed by atoms with van der Waals surface area (Å²) in [5, 5.41) is 2.61. The predicted molar refractivity (Wildman–Crippen MR) is 84.2 cm³/mol. The van der Waals surface area contributed by atoms with E-state index < -0.39 is 5.82 Å². The van der Waals surface area contributed by atoms with Gasteiger partial charge in [-0.1, -0.05) is 39.0 Å². The number of halogens is 1. The highest BCUT2D eigenvalue weighted by Crippen LogP contribution is 2.23. The summed E-state index contributed by atoms with van der Waals surface area (Å²) in [5.41, 5.74) is 2.82. The van der Waals surface area contributed by atoms with E-state index in [1.54, 1.807) is 24.3 Å². The summed E-state index contributed by atoms with van der Waals surface area (Å²) in [4.78, 5) is 12.2. The number of carbonyl (C=O) groups is 1. The Hall–Kier alpha value is -2.16. The Morgan fingerprint density at radius 3 is 2.24 bits per heavy atom. The van der Waals surface area contributed by atoms with Crippen LogP contribution in [0.3, 0.4) is 0 Å². The van der Waals surface area contributed by atoms with Gasteiger partial charge in [-0.2, -0.15) is 0 Å². The molecule has 2 aromatic carbocycles. The minimum Gasteiger partial charge on any atom is -0.319 e. The third-order valence-corrected chi connectivity index (χ3v) is 3.38. The van der Waals surface area contributed by atoms with Gasteiger partial charge in [0.25, 0.3) is 5.91 Å². The maximum Gasteiger partial charge on any atom is 0.255 e. The third kappa shape index (κ3) is 3.69. The first-order valence-corrected chi connectivity index (χ1v) is 6.95. The molecule has 2 rings (SSSR count). The van der Waals surface area contributed by atoms with Gasteiger partial charge in [0, 0.05) is 5.56 Å². The molecule has 0 fully saturated rings. The molecule has 0 unspecified atom stereocenters. The molecule has 1 N–H and O–H groups in total. The average molecular weight is 285 g/mol. The number of hydrogen-bond acceptors (Lipinski definition) is 1. The minimum absolute atomic E-state index is 0.0393. The molecule has 0 bridgehead atoms. The van der Waals surface area contributed by atoms with Crippen molar-refractivity contribution in [1.29, 1.82) is 0 Å². The van der Waals surface area contributed by atoms with Gasteiger partial charge in [0.05, 0.1) is 5.69 Å². The molecule has 0 aliphatic rings. The van der Waals surface area contributed by atoms with Crippen LogP contribution in [0, 0.1) is 12.7 Å². The highest BCUT2D eigenvalue weighted by Gasteiger charge is 2.15. The normalized spacial score (nSPS) is 11.3. The van der Waals surface area contributed by atoms with E-state index in [9.17, 15) is 9.18 Å². The van der Waals surface area contributed by atoms with Crippen molar-refractivity contribution in [2.75, 3.05) is 5.32 Å². The van der Waals surface area contributed by atoms with E-state index in [4.69, 9.17) is 0 Å². The van der Waals surface area contributed by atoms with Crippen LogP contribution in [-0.2, 0) is 5.41 Å². The summed E-state index contributed by atoms with van der Waals surface area (Å²) < 4.78 is 13.7. The first kappa shape index (κ1) is 15.2. The van der Waals surface area contributed by atoms with Crippen LogP contribution >= 0.6 is 0 Å². The lowest BCUT2D eigenvalue weighted by Gasteiger charge is -2.19. The predicted octanol–water partition coefficient (Wildman–Crippen LogP) is 4.68. The Labute approximate surface area is 125 Å². The van der Waals surface area contributed by atoms with E-state index in [-0.39, 0.29) is 17.0 Å². The smallest absolute Gasteiger partial charge is 0.255 e. The number of amides is 1. The van der Waals surface area contributed by atoms with Gasteiger partial charge in [0.1, 0.15) is 5.82 Å². The SMILES string of the molecule is Cc1ccc(F)c(NC(=O)c2ccc(C(C)(C)C)cc2)c1. The van der Waals surface area contributed by atoms with Gasteiger partial charge in [-0.15, -0.1) is 0 Å². The number of anilines is 1. The molecule has 0 aromatic heterocycles. The first-order valence-electron chi connectivity index (χ1n) is 6.95. The summed E-state index contributed by atoms with van der Waals surface area (Å²) in [7, 11) is 0. The van der Waals surface area contributed by atoms with E-state index in [1.807, 2.05) is 19.1 Å². The lowest BCUT2D eigenvalue weighted by atomic mass is 9.87. The van der Waals surface area contributed by atoms with Crippen molar-refractivity contribution in [3.05, 3.63) is 65.0 Å². The number of aryl methyl sites for hydroxylation is 1. The van der Waals surface area contributed by atoms with Gasteiger partial charge in [0.2, 0.25) is 0 Å². The molecule has 2 nitrogen and oxygen atoms in total. The van der Waals surface area contributed by atoms with Crippen molar-refractivity contribution in [3.8, 4) is 0 Å². The molecule has 0 saturated carbocycles. The molecule has 0 heterocycles. The number of benzene rings is 2. The Morgan fingerprint density at radius 1 is 1.05 bits per heavy atom. The van der Waals surface area contributed by atoms with Crippen molar-refractivity contribution in [1.82, 2.24) is 0 Å². The topological polar surface area (TPSA) is 29.1 Å². The standard InChI is InChI=1S/C18H20FNO/c1-12-5-10-15(19)16(11-12)20-17(21)13-6-8-14(9-7-13)18(2,3)4/h5-11H,1-4H3,(H,20,21). The molecule has 0 aliphatic carbocycles. The second-order valence-corrected chi connectivity index (χ2v) is 6.26. The number of carbonyl (C=O) groups excluding carboxylic acids is 1. The highest BCUT2D eigenvalue weighted by atomic mass is 19.1. The maximum atomic E-state index is 13.7. The summed E-state index contributed by atoms with van der Waals surface area (Å²) >= 11 is 0. The van der Waals surface area contributed by atoms with Gasteiger partial charge < -0.3 is 5.32 Å². The Morgan fingerprint density at radius 2 is 1.67 bits per heavy atom. The summed E-state index contributed by atoms with van der Waals surface area (Å²) in [6.07, 6.45) is 0. The Bertz CT molecular complexity index is 654. The Balaban J connectivity index is 2.19. The quantitative estimate of drug-likeness (QED) is 0.852. The van der Waals surface area contributed by atoms with Crippen LogP contribution in [0.25, 0.3) is 0 Å². The summed E-state index contributed by atoms with van der Waals surface area (Å²) in [6.45, 7) is 8.20. The highest BCUT2D eigenvalue weighted by molar-refractivity contribution is 6.04. The summed E-state index contributed by atoms with van der Waals surface area (Å²) in [6, 6.07) is 12.0. The zero-order chi connectivity index (χ0) is 15.6. The van der Waals surface area contributed by atoms with Crippen LogP contribution in [0.4, 0.5) is 10.1 Å². The van der Waals surface area contributed by atoms with Crippen LogP contribution in [0.5, 0.6) is 0 Å². The third-order valence-electron chi connectivity index (χ3n) is 3.38. The van der Waals surface area contributed by atoms with E-state index in [1.165, 1.54) is 6.07 Å². The molecule has 0 spiro atoms. The molecule has 2 aromatic rings. The second-order valence-electron chi connectivity index (χ2n) is 6.26. The molecular formula is C18H20FNO. The van der Waals surface area contributed by atoms with Crippen molar-refractivity contribution in [2.24, 2.45) is 0 Å². The lowest BCUT2D eigenvalue weighted by molar-refractivity contribution is 0.102. The van der Waals surface area contributed by atoms with Crippen LogP contribution in [0.15, 0.2) is 42.5 Å². The lowest BCUT2D eigenvalue weighted by Crippen LogP contribution is -2.15. The van der Waals surface area contributed by atoms with Crippen molar-refractivity contribution >= 4 is 11.6 Å². The van der Waals surface area contributed by atoms with E-state index >= 15 is 0 Å². The molecule has 0 radical (unpaired) electrons. The maximum absolute atomic E-state index is 13.7. The molecule has 3 heteroatoms. The molecule has 0 aliphatic heterocycles. The van der Waals surface area contributed by atoms with Gasteiger partial charge in [0.15, 0.2) is 0 Å². The van der Waals surface area contributed by atoms with Crippen molar-refractivity contribution in [3.63, 3.8) is 0 Å². The zero-order valence-electron chi connectivity index (χ0n) is 12.8. The van der Waals surface area contributed by atoms with Crippen LogP contribution in [-0.4, -0.2) is 5.91 Å². The molecule has 1 amide bonds. The zero-order valence-corrected chi connectivity index (χ0v) is 12.8. The van der Waals surface area contributed by atoms with Gasteiger partial charge in [-0.05, 0) is 47.7 Å². The van der Waals surface area contributed by atoms with Crippen LogP contribution in [0.2, 0.25) is 0 Å². The monoisotopic (exact) mass is 285 g/mol. The van der Waals surface area contributed by atoms with Gasteiger partial charge in [-0.3, -0.25) is 4.79 Å². The minimum atomic E-state index is -0.430. The van der Waals surface area contributed by atoms with Crippen LogP contribution in [0.1, 0.15) is 42.3 Å². The Kier molecular flexibility index (Phi) is 4.12. The van der Waals surface area contributed by atoms with Crippen molar-refractivity contribution < 1.29 is 9.18 Å². The van der Waals surface area contributed by atoms with Gasteiger partial charge in [-0.25, -0.2) is 4.39 Å². The summed E-state index contributed by atoms with van der Waals surface area (Å²) in [5.74, 6) is -0.736. The molecule has 0 saturated heterocycles. The second kappa shape index (κ2) is 5.68. The number of nitrogens with one attached hydrogen (secondary N) is 1. The fourth-order valence-electron chi connectivity index (χ4n) is 2.05. The van der Waals surface area contributed by atoms with Crippen molar-refractivity contribution in [2.45, 2.75) is 33.1 Å². The molecule has 110 valence electrons. The molecule has 0 atom stereocenters. The van der Waals surface area contributed by atoms with E-state index in [2.05, 4.69) is 26.1 Å². The fourth-order valence-corrected chi connectivity index (χ4v) is 2.05. The number of hydrogen-bond donors (Lipinski definition) is 1. The van der Waals surface area contributed by atoms with Crippen LogP contribution < -0.4 is 5.32 Å². The molecule has 21 heavy (non-hydrogen) atoms. The van der Waals surface area contributed by atoms with E-state index in [0.717, 1.165) is 11.1 Å². The first-order chi connectivity index (χ1) is 9.77. The van der Waals surface area contributed by atoms with E-state index in [0.29, 0.717) is 5.56 Å². The molecular weight excluding hydrogens is 265 g/mol. The number of rotatable bonds is 2. The fraction of sp³-hybridized carbons (Fsp3) is 0.278. The largest absolute Gasteiger partial charge is 0.319 e.